The minimum Gasteiger partial charge on any atom is -0.300 e. The first-order chi connectivity index (χ1) is 7.19. The second kappa shape index (κ2) is 5.20. The molecular formula is C11H14N2O2. The molecule has 0 bridgehead atoms. The van der Waals surface area contributed by atoms with Crippen molar-refractivity contribution in [2.45, 2.75) is 32.7 Å². The normalized spacial score (nSPS) is 9.87. The Bertz CT molecular complexity index is 477. The van der Waals surface area contributed by atoms with Crippen molar-refractivity contribution in [2.24, 2.45) is 0 Å². The molecule has 0 aromatic carbocycles. The number of aromatic nitrogens is 2. The Morgan fingerprint density at radius 3 is 2.87 bits per heavy atom. The molecule has 0 saturated heterocycles. The maximum Gasteiger partial charge on any atom is 0.328 e. The van der Waals surface area contributed by atoms with Crippen molar-refractivity contribution in [1.82, 2.24) is 9.55 Å². The number of hydrogen-bond acceptors (Lipinski definition) is 2. The predicted octanol–water partition coefficient (Wildman–Crippen LogP) is 0.512. The molecule has 0 spiro atoms. The molecule has 1 aromatic heterocycles. The van der Waals surface area contributed by atoms with E-state index in [1.165, 1.54) is 4.57 Å². The molecule has 15 heavy (non-hydrogen) atoms. The smallest absolute Gasteiger partial charge is 0.300 e. The van der Waals surface area contributed by atoms with Crippen molar-refractivity contribution in [2.75, 3.05) is 0 Å². The molecule has 0 atom stereocenters. The van der Waals surface area contributed by atoms with Gasteiger partial charge in [-0.15, -0.1) is 12.3 Å². The Labute approximate surface area is 88.0 Å². The van der Waals surface area contributed by atoms with Crippen LogP contribution in [0.25, 0.3) is 0 Å². The van der Waals surface area contributed by atoms with Crippen molar-refractivity contribution >= 4 is 0 Å². The summed E-state index contributed by atoms with van der Waals surface area (Å²) in [4.78, 5) is 24.9. The summed E-state index contributed by atoms with van der Waals surface area (Å²) in [7, 11) is 0. The number of aromatic amines is 1. The van der Waals surface area contributed by atoms with Crippen LogP contribution in [0, 0.1) is 12.3 Å². The van der Waals surface area contributed by atoms with Crippen molar-refractivity contribution in [3.05, 3.63) is 32.6 Å². The molecule has 0 aliphatic carbocycles. The van der Waals surface area contributed by atoms with Gasteiger partial charge in [0.15, 0.2) is 0 Å². The molecule has 4 nitrogen and oxygen atoms in total. The fourth-order valence-electron chi connectivity index (χ4n) is 1.32. The van der Waals surface area contributed by atoms with Gasteiger partial charge in [-0.25, -0.2) is 4.79 Å². The average Bonchev–Trinajstić information content (AvgIpc) is 2.21. The van der Waals surface area contributed by atoms with Gasteiger partial charge in [0.1, 0.15) is 0 Å². The van der Waals surface area contributed by atoms with Gasteiger partial charge < -0.3 is 4.57 Å². The van der Waals surface area contributed by atoms with Crippen molar-refractivity contribution in [3.63, 3.8) is 0 Å². The average molecular weight is 206 g/mol. The zero-order chi connectivity index (χ0) is 11.3. The molecule has 0 aliphatic heterocycles. The maximum absolute atomic E-state index is 11.4. The molecule has 4 heteroatoms. The summed E-state index contributed by atoms with van der Waals surface area (Å²) in [6.45, 7) is 2.42. The summed E-state index contributed by atoms with van der Waals surface area (Å²) in [6.07, 6.45) is 8.71. The molecule has 0 radical (unpaired) electrons. The highest BCUT2D eigenvalue weighted by atomic mass is 16.2. The van der Waals surface area contributed by atoms with E-state index in [1.54, 1.807) is 6.20 Å². The summed E-state index contributed by atoms with van der Waals surface area (Å²) >= 11 is 0. The summed E-state index contributed by atoms with van der Waals surface area (Å²) in [5.41, 5.74) is -0.0415. The Morgan fingerprint density at radius 1 is 1.53 bits per heavy atom. The summed E-state index contributed by atoms with van der Waals surface area (Å²) < 4.78 is 1.50. The van der Waals surface area contributed by atoms with Crippen LogP contribution in [0.15, 0.2) is 15.8 Å². The van der Waals surface area contributed by atoms with E-state index < -0.39 is 0 Å². The molecule has 80 valence electrons. The molecule has 0 aliphatic rings. The molecule has 0 amide bonds. The lowest BCUT2D eigenvalue weighted by molar-refractivity contribution is 0.608. The van der Waals surface area contributed by atoms with Crippen LogP contribution in [0.5, 0.6) is 0 Å². The lowest BCUT2D eigenvalue weighted by Crippen LogP contribution is -2.31. The fraction of sp³-hybridized carbons (Fsp3) is 0.455. The summed E-state index contributed by atoms with van der Waals surface area (Å²) in [6, 6.07) is 0. The molecule has 1 heterocycles. The Kier molecular flexibility index (Phi) is 3.92. The number of nitrogens with one attached hydrogen (secondary N) is 1. The van der Waals surface area contributed by atoms with E-state index in [-0.39, 0.29) is 11.2 Å². The number of H-pyrrole nitrogens is 1. The van der Waals surface area contributed by atoms with E-state index in [1.807, 2.05) is 6.92 Å². The predicted molar refractivity (Wildman–Crippen MR) is 58.8 cm³/mol. The summed E-state index contributed by atoms with van der Waals surface area (Å²) in [5.74, 6) is 2.51. The van der Waals surface area contributed by atoms with Crippen LogP contribution in [0.1, 0.15) is 25.3 Å². The van der Waals surface area contributed by atoms with E-state index >= 15 is 0 Å². The van der Waals surface area contributed by atoms with Crippen LogP contribution >= 0.6 is 0 Å². The summed E-state index contributed by atoms with van der Waals surface area (Å²) in [5, 5.41) is 0. The van der Waals surface area contributed by atoms with Gasteiger partial charge in [0, 0.05) is 24.7 Å². The van der Waals surface area contributed by atoms with Gasteiger partial charge in [0.25, 0.3) is 5.56 Å². The lowest BCUT2D eigenvalue weighted by Gasteiger charge is -2.04. The van der Waals surface area contributed by atoms with Crippen LogP contribution in [-0.2, 0) is 13.0 Å². The van der Waals surface area contributed by atoms with Gasteiger partial charge in [-0.2, -0.15) is 0 Å². The van der Waals surface area contributed by atoms with Gasteiger partial charge in [-0.3, -0.25) is 9.78 Å². The third kappa shape index (κ3) is 2.84. The molecule has 1 N–H and O–H groups in total. The number of terminal acetylenes is 1. The lowest BCUT2D eigenvalue weighted by atomic mass is 10.2. The Hall–Kier alpha value is -1.76. The van der Waals surface area contributed by atoms with Crippen molar-refractivity contribution in [3.8, 4) is 12.3 Å². The maximum atomic E-state index is 11.4. The zero-order valence-corrected chi connectivity index (χ0v) is 8.75. The number of nitrogens with zero attached hydrogens (tertiary/aromatic N) is 1. The highest BCUT2D eigenvalue weighted by Gasteiger charge is 2.01. The van der Waals surface area contributed by atoms with Crippen LogP contribution in [0.3, 0.4) is 0 Å². The quantitative estimate of drug-likeness (QED) is 0.576. The third-order valence-electron chi connectivity index (χ3n) is 2.19. The third-order valence-corrected chi connectivity index (χ3v) is 2.19. The molecule has 1 aromatic rings. The van der Waals surface area contributed by atoms with Gasteiger partial charge in [-0.05, 0) is 12.8 Å². The minimum atomic E-state index is -0.366. The molecule has 0 saturated carbocycles. The number of aryl methyl sites for hydroxylation is 2. The van der Waals surface area contributed by atoms with Crippen molar-refractivity contribution in [1.29, 1.82) is 0 Å². The monoisotopic (exact) mass is 206 g/mol. The first-order valence-electron chi connectivity index (χ1n) is 4.95. The van der Waals surface area contributed by atoms with Crippen LogP contribution in [0.2, 0.25) is 0 Å². The SMILES string of the molecule is C#CCCCn1cc(CC)c(=O)[nH]c1=O. The van der Waals surface area contributed by atoms with Gasteiger partial charge >= 0.3 is 5.69 Å². The topological polar surface area (TPSA) is 54.9 Å². The standard InChI is InChI=1S/C11H14N2O2/c1-3-5-6-7-13-8-9(4-2)10(14)12-11(13)15/h1,8H,4-7H2,2H3,(H,12,14,15). The first kappa shape index (κ1) is 11.3. The van der Waals surface area contributed by atoms with Crippen LogP contribution in [0.4, 0.5) is 0 Å². The molecule has 0 fully saturated rings. The number of unbranched alkanes of at least 4 members (excludes halogenated alkanes) is 1. The largest absolute Gasteiger partial charge is 0.328 e. The van der Waals surface area contributed by atoms with Crippen LogP contribution in [-0.4, -0.2) is 9.55 Å². The molecule has 1 rings (SSSR count). The number of hydrogen-bond donors (Lipinski definition) is 1. The van der Waals surface area contributed by atoms with Crippen molar-refractivity contribution < 1.29 is 0 Å². The van der Waals surface area contributed by atoms with Gasteiger partial charge in [0.2, 0.25) is 0 Å². The Balaban J connectivity index is 2.94. The fourth-order valence-corrected chi connectivity index (χ4v) is 1.32. The zero-order valence-electron chi connectivity index (χ0n) is 8.75. The van der Waals surface area contributed by atoms with E-state index in [2.05, 4.69) is 10.9 Å². The van der Waals surface area contributed by atoms with E-state index in [9.17, 15) is 9.59 Å². The highest BCUT2D eigenvalue weighted by molar-refractivity contribution is 5.03. The minimum absolute atomic E-state index is 0.296. The van der Waals surface area contributed by atoms with Crippen LogP contribution < -0.4 is 11.2 Å². The highest BCUT2D eigenvalue weighted by Crippen LogP contribution is 1.93. The van der Waals surface area contributed by atoms with E-state index in [0.29, 0.717) is 24.9 Å². The first-order valence-corrected chi connectivity index (χ1v) is 4.95. The Morgan fingerprint density at radius 2 is 2.27 bits per heavy atom. The number of rotatable bonds is 4. The molecular weight excluding hydrogens is 192 g/mol. The van der Waals surface area contributed by atoms with E-state index in [0.717, 1.165) is 6.42 Å². The van der Waals surface area contributed by atoms with E-state index in [4.69, 9.17) is 6.42 Å². The molecule has 0 unspecified atom stereocenters. The second-order valence-electron chi connectivity index (χ2n) is 3.27. The second-order valence-corrected chi connectivity index (χ2v) is 3.27. The van der Waals surface area contributed by atoms with Gasteiger partial charge in [-0.1, -0.05) is 6.92 Å². The van der Waals surface area contributed by atoms with Gasteiger partial charge in [0.05, 0.1) is 0 Å².